The maximum absolute atomic E-state index is 6.19. The van der Waals surface area contributed by atoms with Crippen LogP contribution in [0.4, 0.5) is 0 Å². The Bertz CT molecular complexity index is 1490. The van der Waals surface area contributed by atoms with E-state index in [2.05, 4.69) is 82.3 Å². The molecule has 2 aromatic heterocycles. The van der Waals surface area contributed by atoms with E-state index in [1.807, 2.05) is 24.4 Å². The molecule has 6 rings (SSSR count). The first-order valence-electron chi connectivity index (χ1n) is 11.4. The highest BCUT2D eigenvalue weighted by Gasteiger charge is 2.51. The Kier molecular flexibility index (Phi) is 4.38. The number of hydrogen-bond acceptors (Lipinski definition) is 4. The summed E-state index contributed by atoms with van der Waals surface area (Å²) in [6.07, 6.45) is 1.85. The number of aromatic nitrogens is 2. The highest BCUT2D eigenvalue weighted by Crippen LogP contribution is 2.38. The number of para-hydroxylation sites is 1. The molecule has 5 heteroatoms. The van der Waals surface area contributed by atoms with E-state index < -0.39 is 7.12 Å². The average molecular weight is 432 g/mol. The Morgan fingerprint density at radius 3 is 2.12 bits per heavy atom. The summed E-state index contributed by atoms with van der Waals surface area (Å²) in [6.45, 7) is 8.24. The summed E-state index contributed by atoms with van der Waals surface area (Å²) in [4.78, 5) is 9.83. The lowest BCUT2D eigenvalue weighted by Crippen LogP contribution is -2.41. The highest BCUT2D eigenvalue weighted by atomic mass is 16.7. The topological polar surface area (TPSA) is 44.2 Å². The molecule has 0 spiro atoms. The van der Waals surface area contributed by atoms with E-state index in [1.54, 1.807) is 0 Å². The fraction of sp³-hybridized carbons (Fsp3) is 0.214. The number of hydrogen-bond donors (Lipinski definition) is 0. The van der Waals surface area contributed by atoms with Crippen molar-refractivity contribution < 1.29 is 9.31 Å². The monoisotopic (exact) mass is 432 g/mol. The van der Waals surface area contributed by atoms with Gasteiger partial charge in [-0.05, 0) is 50.6 Å². The minimum Gasteiger partial charge on any atom is -0.399 e. The van der Waals surface area contributed by atoms with Crippen LogP contribution in [0.1, 0.15) is 27.7 Å². The molecule has 0 N–H and O–H groups in total. The number of nitrogens with zero attached hydrogens (tertiary/aromatic N) is 2. The van der Waals surface area contributed by atoms with Crippen LogP contribution in [0.15, 0.2) is 79.0 Å². The van der Waals surface area contributed by atoms with Gasteiger partial charge in [0.2, 0.25) is 0 Å². The van der Waals surface area contributed by atoms with Crippen molar-refractivity contribution in [2.45, 2.75) is 38.9 Å². The molecule has 162 valence electrons. The molecule has 0 unspecified atom stereocenters. The van der Waals surface area contributed by atoms with Gasteiger partial charge in [0.05, 0.1) is 28.1 Å². The van der Waals surface area contributed by atoms with Crippen LogP contribution < -0.4 is 5.46 Å². The second kappa shape index (κ2) is 7.11. The summed E-state index contributed by atoms with van der Waals surface area (Å²) in [6, 6.07) is 25.2. The van der Waals surface area contributed by atoms with Gasteiger partial charge in [0, 0.05) is 27.8 Å². The molecule has 0 atom stereocenters. The Hall–Kier alpha value is -3.28. The van der Waals surface area contributed by atoms with Gasteiger partial charge in [-0.2, -0.15) is 0 Å². The summed E-state index contributed by atoms with van der Waals surface area (Å²) in [5, 5.41) is 5.91. The zero-order valence-corrected chi connectivity index (χ0v) is 19.3. The molecule has 33 heavy (non-hydrogen) atoms. The summed E-state index contributed by atoms with van der Waals surface area (Å²) >= 11 is 0. The number of fused-ring (bicyclic) bond motifs is 5. The van der Waals surface area contributed by atoms with Crippen molar-refractivity contribution >= 4 is 45.0 Å². The highest BCUT2D eigenvalue weighted by molar-refractivity contribution is 6.62. The van der Waals surface area contributed by atoms with Crippen LogP contribution >= 0.6 is 0 Å². The van der Waals surface area contributed by atoms with Crippen LogP contribution in [0.2, 0.25) is 0 Å². The second-order valence-electron chi connectivity index (χ2n) is 9.75. The Labute approximate surface area is 193 Å². The van der Waals surface area contributed by atoms with Gasteiger partial charge in [0.1, 0.15) is 0 Å². The molecule has 0 saturated carbocycles. The van der Waals surface area contributed by atoms with Crippen molar-refractivity contribution in [1.82, 2.24) is 9.97 Å². The van der Waals surface area contributed by atoms with Crippen molar-refractivity contribution in [2.24, 2.45) is 0 Å². The van der Waals surface area contributed by atoms with E-state index in [0.29, 0.717) is 0 Å². The van der Waals surface area contributed by atoms with Gasteiger partial charge in [-0.15, -0.1) is 0 Å². The quantitative estimate of drug-likeness (QED) is 0.257. The predicted molar refractivity (Wildman–Crippen MR) is 136 cm³/mol. The molecule has 1 aliphatic rings. The zero-order chi connectivity index (χ0) is 22.8. The van der Waals surface area contributed by atoms with E-state index >= 15 is 0 Å². The summed E-state index contributed by atoms with van der Waals surface area (Å²) in [5.74, 6) is 0. The Morgan fingerprint density at radius 1 is 0.697 bits per heavy atom. The van der Waals surface area contributed by atoms with Gasteiger partial charge in [0.15, 0.2) is 0 Å². The number of benzene rings is 3. The lowest BCUT2D eigenvalue weighted by molar-refractivity contribution is 0.00578. The smallest absolute Gasteiger partial charge is 0.399 e. The molecule has 1 aliphatic heterocycles. The normalized spacial score (nSPS) is 17.3. The predicted octanol–water partition coefficient (Wildman–Crippen LogP) is 5.90. The molecule has 0 radical (unpaired) electrons. The van der Waals surface area contributed by atoms with Crippen LogP contribution in [0.3, 0.4) is 0 Å². The Morgan fingerprint density at radius 2 is 1.39 bits per heavy atom. The maximum atomic E-state index is 6.19. The maximum Gasteiger partial charge on any atom is 0.496 e. The Balaban J connectivity index is 1.51. The molecule has 1 fully saturated rings. The summed E-state index contributed by atoms with van der Waals surface area (Å²) < 4.78 is 12.4. The van der Waals surface area contributed by atoms with Crippen molar-refractivity contribution in [3.05, 3.63) is 79.0 Å². The minimum atomic E-state index is -0.429. The van der Waals surface area contributed by atoms with E-state index in [9.17, 15) is 0 Å². The fourth-order valence-electron chi connectivity index (χ4n) is 4.58. The van der Waals surface area contributed by atoms with Gasteiger partial charge in [-0.25, -0.2) is 4.98 Å². The van der Waals surface area contributed by atoms with Gasteiger partial charge < -0.3 is 9.31 Å². The standard InChI is InChI=1S/C28H25BN2O2/c1-27(2)28(3,4)33-29(32-27)19-14-16-24(30-17-19)26-22-15-13-18-9-5-6-10-20(18)25(22)21-11-7-8-12-23(21)31-26/h5-17H,1-4H3. The van der Waals surface area contributed by atoms with Crippen molar-refractivity contribution in [3.63, 3.8) is 0 Å². The average Bonchev–Trinajstić information content (AvgIpc) is 3.05. The third kappa shape index (κ3) is 3.15. The fourth-order valence-corrected chi connectivity index (χ4v) is 4.58. The lowest BCUT2D eigenvalue weighted by Gasteiger charge is -2.32. The van der Waals surface area contributed by atoms with E-state index in [4.69, 9.17) is 19.3 Å². The molecule has 0 aliphatic carbocycles. The van der Waals surface area contributed by atoms with Gasteiger partial charge in [0.25, 0.3) is 0 Å². The molecular formula is C28H25BN2O2. The minimum absolute atomic E-state index is 0.381. The SMILES string of the molecule is CC1(C)OB(c2ccc(-c3nc4ccccc4c4c3ccc3ccccc34)nc2)OC1(C)C. The molecule has 0 bridgehead atoms. The van der Waals surface area contributed by atoms with Crippen molar-refractivity contribution in [3.8, 4) is 11.4 Å². The second-order valence-corrected chi connectivity index (χ2v) is 9.75. The molecule has 5 aromatic rings. The molecule has 0 amide bonds. The van der Waals surface area contributed by atoms with Crippen LogP contribution in [0.5, 0.6) is 0 Å². The van der Waals surface area contributed by atoms with Gasteiger partial charge >= 0.3 is 7.12 Å². The van der Waals surface area contributed by atoms with Crippen LogP contribution in [0, 0.1) is 0 Å². The van der Waals surface area contributed by atoms with E-state index in [-0.39, 0.29) is 11.2 Å². The first-order valence-corrected chi connectivity index (χ1v) is 11.4. The van der Waals surface area contributed by atoms with Gasteiger partial charge in [-0.1, -0.05) is 60.7 Å². The lowest BCUT2D eigenvalue weighted by atomic mass is 9.80. The molecule has 4 nitrogen and oxygen atoms in total. The van der Waals surface area contributed by atoms with Crippen LogP contribution in [-0.2, 0) is 9.31 Å². The van der Waals surface area contributed by atoms with Crippen molar-refractivity contribution in [1.29, 1.82) is 0 Å². The third-order valence-electron chi connectivity index (χ3n) is 7.14. The van der Waals surface area contributed by atoms with Crippen LogP contribution in [0.25, 0.3) is 43.8 Å². The van der Waals surface area contributed by atoms with E-state index in [0.717, 1.165) is 33.1 Å². The van der Waals surface area contributed by atoms with Crippen molar-refractivity contribution in [2.75, 3.05) is 0 Å². The van der Waals surface area contributed by atoms with E-state index in [1.165, 1.54) is 16.2 Å². The third-order valence-corrected chi connectivity index (χ3v) is 7.14. The number of pyridine rings is 2. The molecule has 3 aromatic carbocycles. The first-order chi connectivity index (χ1) is 15.8. The summed E-state index contributed by atoms with van der Waals surface area (Å²) in [5.41, 5.74) is 2.83. The number of rotatable bonds is 2. The summed E-state index contributed by atoms with van der Waals surface area (Å²) in [7, 11) is -0.429. The first kappa shape index (κ1) is 20.3. The van der Waals surface area contributed by atoms with Crippen LogP contribution in [-0.4, -0.2) is 28.3 Å². The van der Waals surface area contributed by atoms with Gasteiger partial charge in [-0.3, -0.25) is 4.98 Å². The molecule has 1 saturated heterocycles. The molecular weight excluding hydrogens is 407 g/mol. The molecule has 3 heterocycles. The zero-order valence-electron chi connectivity index (χ0n) is 19.3. The largest absolute Gasteiger partial charge is 0.496 e.